The van der Waals surface area contributed by atoms with Gasteiger partial charge in [0.15, 0.2) is 0 Å². The Hall–Kier alpha value is -1.11. The van der Waals surface area contributed by atoms with Crippen LogP contribution in [0.25, 0.3) is 0 Å². The number of epoxide rings is 1. The van der Waals surface area contributed by atoms with Gasteiger partial charge in [-0.05, 0) is 24.6 Å². The normalized spacial score (nSPS) is 19.0. The minimum absolute atomic E-state index is 0.0983. The van der Waals surface area contributed by atoms with Crippen LogP contribution in [0.2, 0.25) is 0 Å². The smallest absolute Gasteiger partial charge is 0.246 e. The lowest BCUT2D eigenvalue weighted by Gasteiger charge is -2.16. The molecule has 1 fully saturated rings. The summed E-state index contributed by atoms with van der Waals surface area (Å²) in [7, 11) is -0.479. The first-order chi connectivity index (χ1) is 8.41. The first kappa shape index (κ1) is 13.3. The Kier molecular flexibility index (Phi) is 3.61. The minimum Gasteiger partial charge on any atom is -0.489 e. The van der Waals surface area contributed by atoms with E-state index >= 15 is 0 Å². The zero-order chi connectivity index (χ0) is 13.3. The van der Waals surface area contributed by atoms with E-state index in [9.17, 15) is 8.42 Å². The molecule has 5 nitrogen and oxygen atoms in total. The van der Waals surface area contributed by atoms with E-state index in [0.717, 1.165) is 5.56 Å². The Bertz CT molecular complexity index is 535. The standard InChI is InChI=1S/C12H17NO4S/c1-9-4-5-11(17-8-10-7-16-10)12(6-9)18(14,15)13(2)3/h4-6,10H,7-8H2,1-3H3. The van der Waals surface area contributed by atoms with Gasteiger partial charge >= 0.3 is 0 Å². The van der Waals surface area contributed by atoms with E-state index in [0.29, 0.717) is 19.0 Å². The van der Waals surface area contributed by atoms with Gasteiger partial charge in [0.2, 0.25) is 10.0 Å². The molecule has 0 aliphatic carbocycles. The molecule has 0 spiro atoms. The molecule has 1 saturated heterocycles. The van der Waals surface area contributed by atoms with E-state index in [-0.39, 0.29) is 11.0 Å². The van der Waals surface area contributed by atoms with Crippen LogP contribution in [-0.2, 0) is 14.8 Å². The molecule has 18 heavy (non-hydrogen) atoms. The fraction of sp³-hybridized carbons (Fsp3) is 0.500. The second kappa shape index (κ2) is 4.87. The Morgan fingerprint density at radius 3 is 2.67 bits per heavy atom. The van der Waals surface area contributed by atoms with Crippen molar-refractivity contribution in [1.29, 1.82) is 0 Å². The number of hydrogen-bond acceptors (Lipinski definition) is 4. The lowest BCUT2D eigenvalue weighted by atomic mass is 10.2. The SMILES string of the molecule is Cc1ccc(OCC2CO2)c(S(=O)(=O)N(C)C)c1. The van der Waals surface area contributed by atoms with Gasteiger partial charge in [-0.2, -0.15) is 0 Å². The molecule has 1 atom stereocenters. The Morgan fingerprint density at radius 2 is 2.11 bits per heavy atom. The van der Waals surface area contributed by atoms with Crippen molar-refractivity contribution in [3.05, 3.63) is 23.8 Å². The van der Waals surface area contributed by atoms with E-state index in [2.05, 4.69) is 0 Å². The number of nitrogens with zero attached hydrogens (tertiary/aromatic N) is 1. The first-order valence-electron chi connectivity index (χ1n) is 5.69. The van der Waals surface area contributed by atoms with Gasteiger partial charge in [-0.15, -0.1) is 0 Å². The molecule has 0 bridgehead atoms. The second-order valence-corrected chi connectivity index (χ2v) is 6.62. The van der Waals surface area contributed by atoms with Gasteiger partial charge in [0.1, 0.15) is 23.4 Å². The van der Waals surface area contributed by atoms with Crippen LogP contribution >= 0.6 is 0 Å². The third-order valence-corrected chi connectivity index (χ3v) is 4.52. The maximum atomic E-state index is 12.2. The van der Waals surface area contributed by atoms with Gasteiger partial charge in [0.25, 0.3) is 0 Å². The van der Waals surface area contributed by atoms with E-state index in [1.807, 2.05) is 13.0 Å². The summed E-state index contributed by atoms with van der Waals surface area (Å²) in [6.45, 7) is 2.92. The van der Waals surface area contributed by atoms with Gasteiger partial charge in [0, 0.05) is 14.1 Å². The third kappa shape index (κ3) is 2.82. The Labute approximate surface area is 107 Å². The molecule has 1 heterocycles. The highest BCUT2D eigenvalue weighted by Crippen LogP contribution is 2.27. The largest absolute Gasteiger partial charge is 0.489 e. The summed E-state index contributed by atoms with van der Waals surface area (Å²) in [5.41, 5.74) is 0.880. The third-order valence-electron chi connectivity index (χ3n) is 2.68. The van der Waals surface area contributed by atoms with Crippen LogP contribution in [0.4, 0.5) is 0 Å². The van der Waals surface area contributed by atoms with Crippen molar-refractivity contribution in [2.75, 3.05) is 27.3 Å². The molecule has 1 aromatic rings. The number of benzene rings is 1. The Balaban J connectivity index is 2.33. The van der Waals surface area contributed by atoms with Crippen LogP contribution in [0.15, 0.2) is 23.1 Å². The highest BCUT2D eigenvalue weighted by Gasteiger charge is 2.26. The molecule has 0 saturated carbocycles. The van der Waals surface area contributed by atoms with Crippen molar-refractivity contribution in [3.8, 4) is 5.75 Å². The molecule has 0 amide bonds. The van der Waals surface area contributed by atoms with Crippen molar-refractivity contribution in [2.45, 2.75) is 17.9 Å². The van der Waals surface area contributed by atoms with Crippen LogP contribution in [-0.4, -0.2) is 46.1 Å². The molecule has 2 rings (SSSR count). The molecule has 0 N–H and O–H groups in total. The zero-order valence-electron chi connectivity index (χ0n) is 10.7. The van der Waals surface area contributed by atoms with Crippen LogP contribution < -0.4 is 4.74 Å². The van der Waals surface area contributed by atoms with Gasteiger partial charge < -0.3 is 9.47 Å². The summed E-state index contributed by atoms with van der Waals surface area (Å²) in [6.07, 6.45) is 0.0983. The first-order valence-corrected chi connectivity index (χ1v) is 7.13. The summed E-state index contributed by atoms with van der Waals surface area (Å²) in [4.78, 5) is 0.202. The van der Waals surface area contributed by atoms with Gasteiger partial charge in [-0.25, -0.2) is 12.7 Å². The van der Waals surface area contributed by atoms with Crippen LogP contribution in [0, 0.1) is 6.92 Å². The molecule has 1 unspecified atom stereocenters. The monoisotopic (exact) mass is 271 g/mol. The number of ether oxygens (including phenoxy) is 2. The lowest BCUT2D eigenvalue weighted by Crippen LogP contribution is -2.23. The predicted molar refractivity (Wildman–Crippen MR) is 67.3 cm³/mol. The summed E-state index contributed by atoms with van der Waals surface area (Å²) in [6, 6.07) is 5.14. The molecule has 1 aliphatic heterocycles. The summed E-state index contributed by atoms with van der Waals surface area (Å²) >= 11 is 0. The average Bonchev–Trinajstić information content (AvgIpc) is 3.11. The predicted octanol–water partition coefficient (Wildman–Crippen LogP) is 1.02. The van der Waals surface area contributed by atoms with Crippen LogP contribution in [0.1, 0.15) is 5.56 Å². The van der Waals surface area contributed by atoms with E-state index in [1.165, 1.54) is 18.4 Å². The van der Waals surface area contributed by atoms with E-state index < -0.39 is 10.0 Å². The van der Waals surface area contributed by atoms with E-state index in [4.69, 9.17) is 9.47 Å². The van der Waals surface area contributed by atoms with Crippen LogP contribution in [0.5, 0.6) is 5.75 Å². The van der Waals surface area contributed by atoms with Crippen LogP contribution in [0.3, 0.4) is 0 Å². The molecular formula is C12H17NO4S. The topological polar surface area (TPSA) is 59.1 Å². The van der Waals surface area contributed by atoms with E-state index in [1.54, 1.807) is 12.1 Å². The maximum absolute atomic E-state index is 12.2. The highest BCUT2D eigenvalue weighted by molar-refractivity contribution is 7.89. The molecule has 1 aromatic carbocycles. The number of hydrogen-bond donors (Lipinski definition) is 0. The zero-order valence-corrected chi connectivity index (χ0v) is 11.5. The fourth-order valence-corrected chi connectivity index (χ4v) is 2.59. The molecule has 1 aliphatic rings. The quantitative estimate of drug-likeness (QED) is 0.750. The number of rotatable bonds is 5. The van der Waals surface area contributed by atoms with Crippen molar-refractivity contribution in [3.63, 3.8) is 0 Å². The van der Waals surface area contributed by atoms with Crippen molar-refractivity contribution in [1.82, 2.24) is 4.31 Å². The van der Waals surface area contributed by atoms with Gasteiger partial charge in [-0.1, -0.05) is 6.07 Å². The maximum Gasteiger partial charge on any atom is 0.246 e. The van der Waals surface area contributed by atoms with Crippen molar-refractivity contribution in [2.24, 2.45) is 0 Å². The molecule has 100 valence electrons. The van der Waals surface area contributed by atoms with Gasteiger partial charge in [0.05, 0.1) is 6.61 Å². The number of sulfonamides is 1. The summed E-state index contributed by atoms with van der Waals surface area (Å²) in [5, 5.41) is 0. The summed E-state index contributed by atoms with van der Waals surface area (Å²) < 4.78 is 36.1. The minimum atomic E-state index is -3.49. The fourth-order valence-electron chi connectivity index (χ4n) is 1.48. The Morgan fingerprint density at radius 1 is 1.44 bits per heavy atom. The van der Waals surface area contributed by atoms with Crippen molar-refractivity contribution >= 4 is 10.0 Å². The lowest BCUT2D eigenvalue weighted by molar-refractivity contribution is 0.257. The summed E-state index contributed by atoms with van der Waals surface area (Å²) in [5.74, 6) is 0.379. The molecule has 6 heteroatoms. The van der Waals surface area contributed by atoms with Gasteiger partial charge in [-0.3, -0.25) is 0 Å². The van der Waals surface area contributed by atoms with Crippen molar-refractivity contribution < 1.29 is 17.9 Å². The highest BCUT2D eigenvalue weighted by atomic mass is 32.2. The molecular weight excluding hydrogens is 254 g/mol. The second-order valence-electron chi connectivity index (χ2n) is 4.50. The number of aryl methyl sites for hydroxylation is 1. The average molecular weight is 271 g/mol. The molecule has 0 aromatic heterocycles. The molecule has 0 radical (unpaired) electrons.